The fourth-order valence-corrected chi connectivity index (χ4v) is 2.92. The molecule has 0 aromatic heterocycles. The van der Waals surface area contributed by atoms with Crippen molar-refractivity contribution in [3.8, 4) is 5.75 Å². The maximum absolute atomic E-state index is 12.2. The summed E-state index contributed by atoms with van der Waals surface area (Å²) in [4.78, 5) is 13.7. The lowest BCUT2D eigenvalue weighted by molar-refractivity contribution is 0.212. The second kappa shape index (κ2) is 8.39. The second-order valence-corrected chi connectivity index (χ2v) is 7.33. The van der Waals surface area contributed by atoms with Crippen LogP contribution in [0.1, 0.15) is 20.8 Å². The van der Waals surface area contributed by atoms with Crippen LogP contribution in [0.4, 0.5) is 10.5 Å². The third kappa shape index (κ3) is 5.85. The van der Waals surface area contributed by atoms with Crippen LogP contribution >= 0.6 is 11.6 Å². The lowest BCUT2D eigenvalue weighted by Crippen LogP contribution is -2.40. The van der Waals surface area contributed by atoms with Gasteiger partial charge < -0.3 is 15.0 Å². The van der Waals surface area contributed by atoms with Crippen LogP contribution in [0.25, 0.3) is 0 Å². The molecule has 1 aromatic rings. The molecule has 1 aromatic carbocycles. The number of hydrogen-bond donors (Lipinski definition) is 1. The number of carbonyl (C=O) groups excluding carboxylic acids is 1. The number of halogens is 1. The highest BCUT2D eigenvalue weighted by atomic mass is 35.5. The van der Waals surface area contributed by atoms with Crippen molar-refractivity contribution in [1.29, 1.82) is 0 Å². The van der Waals surface area contributed by atoms with Gasteiger partial charge in [-0.3, -0.25) is 4.21 Å². The number of ether oxygens (including phenoxy) is 1. The molecule has 0 bridgehead atoms. The van der Waals surface area contributed by atoms with Gasteiger partial charge in [-0.1, -0.05) is 11.6 Å². The molecule has 0 radical (unpaired) electrons. The summed E-state index contributed by atoms with van der Waals surface area (Å²) in [7, 11) is 0.720. The van der Waals surface area contributed by atoms with Crippen LogP contribution < -0.4 is 10.1 Å². The van der Waals surface area contributed by atoms with Gasteiger partial charge in [0.1, 0.15) is 5.75 Å². The van der Waals surface area contributed by atoms with E-state index in [1.165, 1.54) is 4.90 Å². The van der Waals surface area contributed by atoms with Crippen LogP contribution in [-0.4, -0.2) is 46.3 Å². The Morgan fingerprint density at radius 1 is 1.41 bits per heavy atom. The van der Waals surface area contributed by atoms with Crippen LogP contribution in [0.15, 0.2) is 18.2 Å². The van der Waals surface area contributed by atoms with E-state index >= 15 is 0 Å². The van der Waals surface area contributed by atoms with Gasteiger partial charge in [0.15, 0.2) is 0 Å². The van der Waals surface area contributed by atoms with E-state index in [4.69, 9.17) is 16.3 Å². The van der Waals surface area contributed by atoms with Gasteiger partial charge in [-0.25, -0.2) is 4.79 Å². The highest BCUT2D eigenvalue weighted by Crippen LogP contribution is 2.28. The Bertz CT molecular complexity index is 552. The van der Waals surface area contributed by atoms with Gasteiger partial charge in [-0.15, -0.1) is 0 Å². The third-order valence-electron chi connectivity index (χ3n) is 3.00. The predicted molar refractivity (Wildman–Crippen MR) is 92.4 cm³/mol. The van der Waals surface area contributed by atoms with Crippen molar-refractivity contribution >= 4 is 34.1 Å². The van der Waals surface area contributed by atoms with Crippen molar-refractivity contribution in [2.75, 3.05) is 24.4 Å². The molecule has 0 aliphatic carbocycles. The first-order chi connectivity index (χ1) is 10.2. The van der Waals surface area contributed by atoms with Crippen LogP contribution in [0.3, 0.4) is 0 Å². The summed E-state index contributed by atoms with van der Waals surface area (Å²) in [5.41, 5.74) is 0.586. The van der Waals surface area contributed by atoms with E-state index in [0.29, 0.717) is 22.2 Å². The quantitative estimate of drug-likeness (QED) is 0.859. The molecule has 0 saturated heterocycles. The normalized spacial score (nSPS) is 13.6. The summed E-state index contributed by atoms with van der Waals surface area (Å²) in [5.74, 6) is 1.02. The van der Waals surface area contributed by atoms with Crippen molar-refractivity contribution in [1.82, 2.24) is 4.90 Å². The molecule has 1 N–H and O–H groups in total. The van der Waals surface area contributed by atoms with Crippen LogP contribution in [0.5, 0.6) is 5.75 Å². The van der Waals surface area contributed by atoms with Crippen LogP contribution in [-0.2, 0) is 10.8 Å². The van der Waals surface area contributed by atoms with Gasteiger partial charge >= 0.3 is 6.03 Å². The molecular formula is C15H23ClN2O3S. The van der Waals surface area contributed by atoms with Crippen molar-refractivity contribution in [3.05, 3.63) is 23.2 Å². The van der Waals surface area contributed by atoms with E-state index in [0.717, 1.165) is 0 Å². The summed E-state index contributed by atoms with van der Waals surface area (Å²) < 4.78 is 16.8. The molecule has 0 spiro atoms. The highest BCUT2D eigenvalue weighted by Gasteiger charge is 2.17. The number of nitrogens with one attached hydrogen (secondary N) is 1. The topological polar surface area (TPSA) is 58.6 Å². The Hall–Kier alpha value is -1.27. The molecule has 0 unspecified atom stereocenters. The minimum absolute atomic E-state index is 0.0276. The molecule has 22 heavy (non-hydrogen) atoms. The Balaban J connectivity index is 2.72. The molecule has 7 heteroatoms. The number of hydrogen-bond acceptors (Lipinski definition) is 3. The van der Waals surface area contributed by atoms with Gasteiger partial charge in [0.2, 0.25) is 0 Å². The molecule has 124 valence electrons. The lowest BCUT2D eigenvalue weighted by atomic mass is 10.3. The molecule has 0 aliphatic rings. The van der Waals surface area contributed by atoms with Crippen molar-refractivity contribution in [2.45, 2.75) is 32.9 Å². The fraction of sp³-hybridized carbons (Fsp3) is 0.533. The van der Waals surface area contributed by atoms with E-state index in [-0.39, 0.29) is 18.2 Å². The van der Waals surface area contributed by atoms with E-state index in [2.05, 4.69) is 5.32 Å². The summed E-state index contributed by atoms with van der Waals surface area (Å²) in [6, 6.07) is 4.71. The van der Waals surface area contributed by atoms with E-state index in [1.54, 1.807) is 31.5 Å². The SMILES string of the molecule is CC(C)Oc1ccc(NC(=O)N(C)[C@H](C)C[S@](C)=O)cc1Cl. The average molecular weight is 347 g/mol. The highest BCUT2D eigenvalue weighted by molar-refractivity contribution is 7.84. The monoisotopic (exact) mass is 346 g/mol. The molecule has 5 nitrogen and oxygen atoms in total. The molecule has 0 fully saturated rings. The predicted octanol–water partition coefficient (Wildman–Crippen LogP) is 3.36. The van der Waals surface area contributed by atoms with Gasteiger partial charge in [0, 0.05) is 41.6 Å². The zero-order chi connectivity index (χ0) is 16.9. The van der Waals surface area contributed by atoms with Crippen molar-refractivity contribution < 1.29 is 13.7 Å². The summed E-state index contributed by atoms with van der Waals surface area (Å²) in [6.07, 6.45) is 1.65. The first-order valence-electron chi connectivity index (χ1n) is 7.00. The Morgan fingerprint density at radius 3 is 2.55 bits per heavy atom. The average Bonchev–Trinajstić information content (AvgIpc) is 2.39. The summed E-state index contributed by atoms with van der Waals surface area (Å²) >= 11 is 6.14. The number of rotatable bonds is 6. The number of carbonyl (C=O) groups is 1. The number of urea groups is 1. The fourth-order valence-electron chi connectivity index (χ4n) is 1.79. The number of anilines is 1. The Kier molecular flexibility index (Phi) is 7.16. The van der Waals surface area contributed by atoms with Gasteiger partial charge in [0.05, 0.1) is 11.1 Å². The van der Waals surface area contributed by atoms with Crippen molar-refractivity contribution in [2.24, 2.45) is 0 Å². The summed E-state index contributed by atoms with van der Waals surface area (Å²) in [6.45, 7) is 5.69. The van der Waals surface area contributed by atoms with E-state index < -0.39 is 10.8 Å². The van der Waals surface area contributed by atoms with E-state index in [1.807, 2.05) is 20.8 Å². The minimum atomic E-state index is -0.951. The lowest BCUT2D eigenvalue weighted by Gasteiger charge is -2.24. The molecule has 1 rings (SSSR count). The number of benzene rings is 1. The van der Waals surface area contributed by atoms with E-state index in [9.17, 15) is 9.00 Å². The Morgan fingerprint density at radius 2 is 2.05 bits per heavy atom. The Labute approximate surface area is 139 Å². The molecule has 2 amide bonds. The molecular weight excluding hydrogens is 324 g/mol. The smallest absolute Gasteiger partial charge is 0.321 e. The van der Waals surface area contributed by atoms with Crippen molar-refractivity contribution in [3.63, 3.8) is 0 Å². The van der Waals surface area contributed by atoms with Gasteiger partial charge in [-0.05, 0) is 39.0 Å². The molecule has 0 heterocycles. The largest absolute Gasteiger partial charge is 0.489 e. The zero-order valence-electron chi connectivity index (χ0n) is 13.6. The third-order valence-corrected chi connectivity index (χ3v) is 4.25. The maximum Gasteiger partial charge on any atom is 0.321 e. The molecule has 0 aliphatic heterocycles. The van der Waals surface area contributed by atoms with Crippen LogP contribution in [0.2, 0.25) is 5.02 Å². The molecule has 2 atom stereocenters. The molecule has 0 saturated carbocycles. The van der Waals surface area contributed by atoms with Gasteiger partial charge in [-0.2, -0.15) is 0 Å². The zero-order valence-corrected chi connectivity index (χ0v) is 15.1. The van der Waals surface area contributed by atoms with Gasteiger partial charge in [0.25, 0.3) is 0 Å². The second-order valence-electron chi connectivity index (χ2n) is 5.44. The summed E-state index contributed by atoms with van der Waals surface area (Å²) in [5, 5.41) is 3.21. The maximum atomic E-state index is 12.2. The minimum Gasteiger partial charge on any atom is -0.489 e. The van der Waals surface area contributed by atoms with Crippen LogP contribution in [0, 0.1) is 0 Å². The number of nitrogens with zero attached hydrogens (tertiary/aromatic N) is 1. The standard InChI is InChI=1S/C15H23ClN2O3S/c1-10(2)21-14-7-6-12(8-13(14)16)17-15(19)18(4)11(3)9-22(5)20/h6-8,10-11H,9H2,1-5H3,(H,17,19)/t11-,22+/m1/s1. The number of amides is 2. The first kappa shape index (κ1) is 18.8. The first-order valence-corrected chi connectivity index (χ1v) is 9.11.